The van der Waals surface area contributed by atoms with Crippen LogP contribution in [0.4, 0.5) is 5.82 Å². The highest BCUT2D eigenvalue weighted by molar-refractivity contribution is 6.35. The lowest BCUT2D eigenvalue weighted by atomic mass is 10.0. The quantitative estimate of drug-likeness (QED) is 0.230. The van der Waals surface area contributed by atoms with E-state index in [1.807, 2.05) is 0 Å². The Morgan fingerprint density at radius 1 is 1.18 bits per heavy atom. The number of hydrogen-bond donors (Lipinski definition) is 4. The fourth-order valence-corrected chi connectivity index (χ4v) is 4.62. The van der Waals surface area contributed by atoms with Crippen LogP contribution in [0.15, 0.2) is 49.1 Å². The van der Waals surface area contributed by atoms with Crippen LogP contribution in [0.1, 0.15) is 44.8 Å². The van der Waals surface area contributed by atoms with E-state index in [1.54, 1.807) is 49.8 Å². The first-order valence-corrected chi connectivity index (χ1v) is 12.8. The number of amides is 1. The van der Waals surface area contributed by atoms with Crippen molar-refractivity contribution in [1.29, 1.82) is 0 Å². The van der Waals surface area contributed by atoms with Gasteiger partial charge >= 0.3 is 0 Å². The van der Waals surface area contributed by atoms with Gasteiger partial charge < -0.3 is 30.2 Å². The summed E-state index contributed by atoms with van der Waals surface area (Å²) in [5, 5.41) is 16.0. The summed E-state index contributed by atoms with van der Waals surface area (Å²) >= 11 is 6.52. The van der Waals surface area contributed by atoms with Crippen molar-refractivity contribution >= 4 is 40.1 Å². The van der Waals surface area contributed by atoms with Crippen LogP contribution < -0.4 is 15.4 Å². The summed E-state index contributed by atoms with van der Waals surface area (Å²) in [7, 11) is 1.54. The highest BCUT2D eigenvalue weighted by Gasteiger charge is 2.25. The molecule has 1 amide bonds. The number of halogens is 1. The molecule has 0 unspecified atom stereocenters. The van der Waals surface area contributed by atoms with Crippen LogP contribution in [0.5, 0.6) is 5.75 Å². The summed E-state index contributed by atoms with van der Waals surface area (Å²) in [4.78, 5) is 41.0. The molecule has 0 bridgehead atoms. The molecular formula is C27H27ClN6O5. The van der Waals surface area contributed by atoms with Crippen LogP contribution in [0, 0.1) is 0 Å². The van der Waals surface area contributed by atoms with Crippen LogP contribution in [0.25, 0.3) is 11.0 Å². The van der Waals surface area contributed by atoms with Crippen molar-refractivity contribution in [2.75, 3.05) is 25.6 Å². The Morgan fingerprint density at radius 2 is 2.05 bits per heavy atom. The van der Waals surface area contributed by atoms with Crippen molar-refractivity contribution in [3.05, 3.63) is 76.5 Å². The molecule has 1 fully saturated rings. The number of ketones is 1. The van der Waals surface area contributed by atoms with Gasteiger partial charge in [0.2, 0.25) is 0 Å². The Hall–Kier alpha value is -4.06. The maximum atomic E-state index is 13.5. The van der Waals surface area contributed by atoms with Crippen LogP contribution in [-0.2, 0) is 11.3 Å². The molecule has 0 saturated carbocycles. The molecule has 4 heterocycles. The number of nitrogens with zero attached hydrogens (tertiary/aromatic N) is 3. The first kappa shape index (κ1) is 26.5. The van der Waals surface area contributed by atoms with Crippen LogP contribution >= 0.6 is 11.6 Å². The van der Waals surface area contributed by atoms with E-state index in [2.05, 4.69) is 30.6 Å². The van der Waals surface area contributed by atoms with Gasteiger partial charge in [0.25, 0.3) is 5.91 Å². The second kappa shape index (κ2) is 11.8. The van der Waals surface area contributed by atoms with Crippen molar-refractivity contribution in [3.63, 3.8) is 0 Å². The number of aliphatic hydroxyl groups is 1. The number of fused-ring (bicyclic) bond motifs is 1. The summed E-state index contributed by atoms with van der Waals surface area (Å²) in [5.74, 6) is 0.450. The number of H-pyrrole nitrogens is 1. The lowest BCUT2D eigenvalue weighted by Gasteiger charge is -2.29. The summed E-state index contributed by atoms with van der Waals surface area (Å²) in [6, 6.07) is 8.24. The largest absolute Gasteiger partial charge is 0.489 e. The van der Waals surface area contributed by atoms with E-state index in [-0.39, 0.29) is 42.1 Å². The number of ether oxygens (including phenoxy) is 2. The maximum Gasteiger partial charge on any atom is 0.269 e. The lowest BCUT2D eigenvalue weighted by Crippen LogP contribution is -2.36. The number of aromatic nitrogens is 4. The molecule has 4 N–H and O–H groups in total. The monoisotopic (exact) mass is 550 g/mol. The first-order valence-electron chi connectivity index (χ1n) is 12.4. The van der Waals surface area contributed by atoms with Gasteiger partial charge in [-0.1, -0.05) is 17.7 Å². The molecule has 1 aliphatic heterocycles. The molecular weight excluding hydrogens is 524 g/mol. The molecule has 11 nitrogen and oxygen atoms in total. The van der Waals surface area contributed by atoms with Gasteiger partial charge in [0.15, 0.2) is 5.78 Å². The second-order valence-electron chi connectivity index (χ2n) is 9.10. The van der Waals surface area contributed by atoms with Crippen LogP contribution in [-0.4, -0.2) is 69.1 Å². The van der Waals surface area contributed by atoms with E-state index in [0.717, 1.165) is 18.4 Å². The number of carbonyl (C=O) groups excluding carboxylic acids is 2. The SMILES string of the molecule is CNC(=O)c1ccc(COc2ccc(C(=O)c3c[nH]c4ncnc(N[C@@H]5CC[C@@H](CO)OC5)c34)c(Cl)c2)cn1. The van der Waals surface area contributed by atoms with E-state index in [4.69, 9.17) is 21.1 Å². The second-order valence-corrected chi connectivity index (χ2v) is 9.50. The standard InChI is InChI=1S/C27H27ClN6O5/c1-29-27(37)22-7-2-15(9-30-22)12-38-17-5-6-19(21(28)8-17)24(36)20-10-31-25-23(20)26(33-14-32-25)34-16-3-4-18(11-35)39-13-16/h2,5-10,14,16,18,35H,3-4,11-13H2,1H3,(H,29,37)(H2,31,32,33,34)/t16-,18+/m1/s1. The maximum absolute atomic E-state index is 13.5. The van der Waals surface area contributed by atoms with Crippen molar-refractivity contribution in [2.24, 2.45) is 0 Å². The van der Waals surface area contributed by atoms with Crippen LogP contribution in [0.2, 0.25) is 5.02 Å². The van der Waals surface area contributed by atoms with Gasteiger partial charge in [0.05, 0.1) is 41.3 Å². The number of rotatable bonds is 9. The molecule has 202 valence electrons. The minimum Gasteiger partial charge on any atom is -0.489 e. The molecule has 0 spiro atoms. The molecule has 0 aliphatic carbocycles. The van der Waals surface area contributed by atoms with Gasteiger partial charge in [0.1, 0.15) is 35.8 Å². The van der Waals surface area contributed by atoms with E-state index in [9.17, 15) is 14.7 Å². The number of anilines is 1. The van der Waals surface area contributed by atoms with Gasteiger partial charge in [-0.25, -0.2) is 9.97 Å². The topological polar surface area (TPSA) is 151 Å². The average Bonchev–Trinajstić information content (AvgIpc) is 3.41. The highest BCUT2D eigenvalue weighted by Crippen LogP contribution is 2.31. The third kappa shape index (κ3) is 5.85. The van der Waals surface area contributed by atoms with E-state index < -0.39 is 0 Å². The zero-order valence-electron chi connectivity index (χ0n) is 21.1. The fraction of sp³-hybridized carbons (Fsp3) is 0.296. The summed E-state index contributed by atoms with van der Waals surface area (Å²) in [6.07, 6.45) is 5.96. The molecule has 1 aromatic carbocycles. The molecule has 12 heteroatoms. The van der Waals surface area contributed by atoms with E-state index >= 15 is 0 Å². The molecule has 1 saturated heterocycles. The fourth-order valence-electron chi connectivity index (χ4n) is 4.36. The van der Waals surface area contributed by atoms with E-state index in [1.165, 1.54) is 6.33 Å². The highest BCUT2D eigenvalue weighted by atomic mass is 35.5. The minimum atomic E-state index is -0.287. The molecule has 4 aromatic rings. The lowest BCUT2D eigenvalue weighted by molar-refractivity contribution is -0.0224. The minimum absolute atomic E-state index is 0.00501. The number of carbonyl (C=O) groups is 2. The first-order chi connectivity index (χ1) is 19.0. The molecule has 1 aliphatic rings. The Balaban J connectivity index is 1.30. The zero-order chi connectivity index (χ0) is 27.4. The predicted octanol–water partition coefficient (Wildman–Crippen LogP) is 3.13. The summed E-state index contributed by atoms with van der Waals surface area (Å²) in [5.41, 5.74) is 2.30. The third-order valence-electron chi connectivity index (χ3n) is 6.50. The Labute approximate surface area is 228 Å². The van der Waals surface area contributed by atoms with E-state index in [0.29, 0.717) is 46.0 Å². The summed E-state index contributed by atoms with van der Waals surface area (Å²) < 4.78 is 11.5. The van der Waals surface area contributed by atoms with Crippen molar-refractivity contribution in [3.8, 4) is 5.75 Å². The molecule has 2 atom stereocenters. The van der Waals surface area contributed by atoms with Crippen molar-refractivity contribution < 1.29 is 24.2 Å². The van der Waals surface area contributed by atoms with Gasteiger partial charge in [0, 0.05) is 30.6 Å². The smallest absolute Gasteiger partial charge is 0.269 e. The summed E-state index contributed by atoms with van der Waals surface area (Å²) in [6.45, 7) is 0.629. The molecule has 39 heavy (non-hydrogen) atoms. The number of benzene rings is 1. The number of aliphatic hydroxyl groups excluding tert-OH is 1. The molecule has 0 radical (unpaired) electrons. The van der Waals surface area contributed by atoms with Gasteiger partial charge in [-0.3, -0.25) is 14.6 Å². The van der Waals surface area contributed by atoms with Crippen molar-refractivity contribution in [2.45, 2.75) is 31.6 Å². The average molecular weight is 551 g/mol. The number of nitrogens with one attached hydrogen (secondary N) is 3. The van der Waals surface area contributed by atoms with Gasteiger partial charge in [-0.2, -0.15) is 0 Å². The number of pyridine rings is 1. The Morgan fingerprint density at radius 3 is 2.74 bits per heavy atom. The van der Waals surface area contributed by atoms with Crippen molar-refractivity contribution in [1.82, 2.24) is 25.3 Å². The third-order valence-corrected chi connectivity index (χ3v) is 6.82. The van der Waals surface area contributed by atoms with Crippen LogP contribution in [0.3, 0.4) is 0 Å². The Kier molecular flexibility index (Phi) is 8.01. The zero-order valence-corrected chi connectivity index (χ0v) is 21.9. The predicted molar refractivity (Wildman–Crippen MR) is 144 cm³/mol. The molecule has 3 aromatic heterocycles. The number of aromatic amines is 1. The number of hydrogen-bond acceptors (Lipinski definition) is 9. The molecule has 5 rings (SSSR count). The van der Waals surface area contributed by atoms with Gasteiger partial charge in [-0.05, 0) is 37.1 Å². The Bertz CT molecular complexity index is 1480. The normalized spacial score (nSPS) is 17.1. The van der Waals surface area contributed by atoms with Gasteiger partial charge in [-0.15, -0.1) is 0 Å².